The first-order valence-electron chi connectivity index (χ1n) is 13.4. The van der Waals surface area contributed by atoms with Gasteiger partial charge in [0.2, 0.25) is 0 Å². The summed E-state index contributed by atoms with van der Waals surface area (Å²) in [6, 6.07) is 10.7. The first-order chi connectivity index (χ1) is 17.4. The van der Waals surface area contributed by atoms with Gasteiger partial charge in [-0.15, -0.1) is 0 Å². The molecule has 6 nitrogen and oxygen atoms in total. The van der Waals surface area contributed by atoms with Crippen molar-refractivity contribution < 1.29 is 9.59 Å². The van der Waals surface area contributed by atoms with Gasteiger partial charge in [0.15, 0.2) is 11.6 Å². The molecule has 2 aromatic rings. The second-order valence-electron chi connectivity index (χ2n) is 9.02. The Morgan fingerprint density at radius 2 is 0.944 bits per heavy atom. The maximum atomic E-state index is 13.4. The van der Waals surface area contributed by atoms with E-state index in [2.05, 4.69) is 51.3 Å². The molecule has 192 valence electrons. The maximum absolute atomic E-state index is 13.4. The van der Waals surface area contributed by atoms with Crippen molar-refractivity contribution in [2.45, 2.75) is 67.2 Å². The molecule has 0 N–H and O–H groups in total. The van der Waals surface area contributed by atoms with Crippen LogP contribution in [-0.2, 0) is 0 Å². The van der Waals surface area contributed by atoms with E-state index < -0.39 is 0 Å². The second kappa shape index (κ2) is 12.6. The van der Waals surface area contributed by atoms with Crippen LogP contribution in [0.15, 0.2) is 46.4 Å². The summed E-state index contributed by atoms with van der Waals surface area (Å²) >= 11 is 0. The molecular weight excluding hydrogens is 448 g/mol. The summed E-state index contributed by atoms with van der Waals surface area (Å²) in [5.41, 5.74) is 3.14. The number of hydrogen-bond donors (Lipinski definition) is 0. The number of fused-ring (bicyclic) bond motifs is 2. The van der Waals surface area contributed by atoms with Crippen LogP contribution in [0.25, 0.3) is 0 Å². The van der Waals surface area contributed by atoms with Gasteiger partial charge < -0.3 is 9.80 Å². The highest BCUT2D eigenvalue weighted by molar-refractivity contribution is 6.28. The summed E-state index contributed by atoms with van der Waals surface area (Å²) in [7, 11) is 0. The van der Waals surface area contributed by atoms with Gasteiger partial charge in [-0.1, -0.05) is 13.8 Å². The molecule has 2 aromatic carbocycles. The number of rotatable bonds is 10. The van der Waals surface area contributed by atoms with E-state index in [4.69, 9.17) is 9.98 Å². The van der Waals surface area contributed by atoms with Gasteiger partial charge in [-0.25, -0.2) is 9.98 Å². The van der Waals surface area contributed by atoms with E-state index in [0.717, 1.165) is 63.5 Å². The fourth-order valence-electron chi connectivity index (χ4n) is 4.76. The predicted octanol–water partition coefficient (Wildman–Crippen LogP) is 6.81. The van der Waals surface area contributed by atoms with E-state index in [1.54, 1.807) is 24.3 Å². The van der Waals surface area contributed by atoms with Crippen molar-refractivity contribution in [2.24, 2.45) is 9.98 Å². The average molecular weight is 489 g/mol. The molecule has 0 atom stereocenters. The Labute approximate surface area is 216 Å². The van der Waals surface area contributed by atoms with E-state index in [1.165, 1.54) is 0 Å². The van der Waals surface area contributed by atoms with E-state index in [0.29, 0.717) is 33.6 Å². The molecule has 1 aliphatic rings. The van der Waals surface area contributed by atoms with Crippen molar-refractivity contribution in [2.75, 3.05) is 26.2 Å². The van der Waals surface area contributed by atoms with Crippen LogP contribution < -0.4 is 0 Å². The fourth-order valence-corrected chi connectivity index (χ4v) is 4.76. The zero-order valence-corrected chi connectivity index (χ0v) is 22.7. The Morgan fingerprint density at radius 1 is 0.583 bits per heavy atom. The molecule has 0 aliphatic heterocycles. The van der Waals surface area contributed by atoms with E-state index >= 15 is 0 Å². The Bertz CT molecular complexity index is 1070. The van der Waals surface area contributed by atoms with Crippen molar-refractivity contribution in [3.8, 4) is 0 Å². The lowest BCUT2D eigenvalue weighted by Gasteiger charge is -2.24. The van der Waals surface area contributed by atoms with E-state index in [1.807, 2.05) is 12.1 Å². The third-order valence-corrected chi connectivity index (χ3v) is 6.71. The zero-order valence-electron chi connectivity index (χ0n) is 22.7. The summed E-state index contributed by atoms with van der Waals surface area (Å²) in [6.45, 7) is 16.3. The van der Waals surface area contributed by atoms with Gasteiger partial charge in [-0.05, 0) is 76.9 Å². The zero-order chi connectivity index (χ0) is 26.2. The molecule has 0 aromatic heterocycles. The highest BCUT2D eigenvalue weighted by Gasteiger charge is 2.30. The smallest absolute Gasteiger partial charge is 0.194 e. The van der Waals surface area contributed by atoms with Gasteiger partial charge in [-0.3, -0.25) is 9.59 Å². The van der Waals surface area contributed by atoms with Crippen molar-refractivity contribution in [1.82, 2.24) is 9.80 Å². The average Bonchev–Trinajstić information content (AvgIpc) is 2.89. The van der Waals surface area contributed by atoms with E-state index in [9.17, 15) is 9.59 Å². The molecule has 1 aliphatic carbocycles. The normalized spacial score (nSPS) is 13.5. The molecule has 3 rings (SSSR count). The van der Waals surface area contributed by atoms with Crippen LogP contribution >= 0.6 is 0 Å². The molecule has 0 fully saturated rings. The van der Waals surface area contributed by atoms with Crippen LogP contribution in [0.5, 0.6) is 0 Å². The largest absolute Gasteiger partial charge is 0.361 e. The van der Waals surface area contributed by atoms with Crippen LogP contribution in [0, 0.1) is 0 Å². The molecule has 0 heterocycles. The van der Waals surface area contributed by atoms with Crippen molar-refractivity contribution in [3.05, 3.63) is 58.7 Å². The number of ketones is 2. The Hall–Kier alpha value is -3.28. The molecular formula is C30H40N4O2. The molecule has 0 bridgehead atoms. The number of nitrogens with zero attached hydrogens (tertiary/aromatic N) is 4. The maximum Gasteiger partial charge on any atom is 0.194 e. The minimum Gasteiger partial charge on any atom is -0.361 e. The first kappa shape index (κ1) is 27.3. The molecule has 0 unspecified atom stereocenters. The summed E-state index contributed by atoms with van der Waals surface area (Å²) in [5.74, 6) is 1.75. The third kappa shape index (κ3) is 5.75. The topological polar surface area (TPSA) is 65.3 Å². The molecule has 0 saturated heterocycles. The number of carbonyl (C=O) groups is 2. The highest BCUT2D eigenvalue weighted by atomic mass is 16.1. The molecule has 6 heteroatoms. The van der Waals surface area contributed by atoms with E-state index in [-0.39, 0.29) is 11.6 Å². The molecule has 0 saturated carbocycles. The third-order valence-electron chi connectivity index (χ3n) is 6.71. The Balaban J connectivity index is 2.00. The van der Waals surface area contributed by atoms with Crippen molar-refractivity contribution in [1.29, 1.82) is 0 Å². The number of benzene rings is 2. The lowest BCUT2D eigenvalue weighted by molar-refractivity contribution is 0.0979. The number of hydrogen-bond acceptors (Lipinski definition) is 4. The second-order valence-corrected chi connectivity index (χ2v) is 9.02. The van der Waals surface area contributed by atoms with Crippen molar-refractivity contribution in [3.63, 3.8) is 0 Å². The minimum atomic E-state index is -0.135. The number of carbonyl (C=O) groups excluding carboxylic acids is 2. The van der Waals surface area contributed by atoms with Crippen LogP contribution in [0.4, 0.5) is 11.4 Å². The summed E-state index contributed by atoms with van der Waals surface area (Å²) in [4.78, 5) is 41.1. The lowest BCUT2D eigenvalue weighted by atomic mass is 9.83. The number of aliphatic imine (C=N–C) groups is 2. The Morgan fingerprint density at radius 3 is 1.25 bits per heavy atom. The fraction of sp³-hybridized carbons (Fsp3) is 0.467. The van der Waals surface area contributed by atoms with Crippen molar-refractivity contribution >= 4 is 34.6 Å². The lowest BCUT2D eigenvalue weighted by Crippen LogP contribution is -2.30. The van der Waals surface area contributed by atoms with Gasteiger partial charge in [0.1, 0.15) is 11.7 Å². The van der Waals surface area contributed by atoms with Crippen LogP contribution in [-0.4, -0.2) is 59.2 Å². The number of amidine groups is 2. The van der Waals surface area contributed by atoms with Gasteiger partial charge in [-0.2, -0.15) is 0 Å². The molecule has 0 radical (unpaired) electrons. The summed E-state index contributed by atoms with van der Waals surface area (Å²) in [6.07, 6.45) is 3.71. The van der Waals surface area contributed by atoms with Gasteiger partial charge in [0.25, 0.3) is 0 Å². The summed E-state index contributed by atoms with van der Waals surface area (Å²) < 4.78 is 0. The molecule has 36 heavy (non-hydrogen) atoms. The van der Waals surface area contributed by atoms with Crippen LogP contribution in [0.1, 0.15) is 99.1 Å². The van der Waals surface area contributed by atoms with Gasteiger partial charge >= 0.3 is 0 Å². The first-order valence-corrected chi connectivity index (χ1v) is 13.4. The predicted molar refractivity (Wildman–Crippen MR) is 150 cm³/mol. The SMILES string of the molecule is CCCC(=Nc1ccc2c(c1)C(=O)c1ccc(N=C(CCC)N(CC)CC)cc1C2=O)N(CC)CC. The van der Waals surface area contributed by atoms with Crippen LogP contribution in [0.3, 0.4) is 0 Å². The van der Waals surface area contributed by atoms with Gasteiger partial charge in [0.05, 0.1) is 11.4 Å². The standard InChI is InChI=1S/C30H40N4O2/c1-7-13-27(33(9-3)10-4)31-21-15-17-23-25(19-21)29(35)24-18-16-22(20-26(24)30(23)36)32-28(14-8-2)34(11-5)12-6/h15-20H,7-14H2,1-6H3. The molecule has 0 spiro atoms. The van der Waals surface area contributed by atoms with Gasteiger partial charge in [0, 0.05) is 61.3 Å². The highest BCUT2D eigenvalue weighted by Crippen LogP contribution is 2.32. The monoisotopic (exact) mass is 488 g/mol. The summed E-state index contributed by atoms with van der Waals surface area (Å²) in [5, 5.41) is 0. The Kier molecular flexibility index (Phi) is 9.57. The van der Waals surface area contributed by atoms with Crippen LogP contribution in [0.2, 0.25) is 0 Å². The molecule has 0 amide bonds. The quantitative estimate of drug-likeness (QED) is 0.232. The minimum absolute atomic E-state index is 0.135.